The molecule has 0 aromatic heterocycles. The number of sulfonamides is 2. The molecule has 158 valence electrons. The number of nitrogens with one attached hydrogen (secondary N) is 1. The zero-order valence-electron chi connectivity index (χ0n) is 14.3. The highest BCUT2D eigenvalue weighted by atomic mass is 32.2. The van der Waals surface area contributed by atoms with Gasteiger partial charge in [-0.1, -0.05) is 19.3 Å². The van der Waals surface area contributed by atoms with E-state index in [1.54, 1.807) is 0 Å². The lowest BCUT2D eigenvalue weighted by Gasteiger charge is -2.28. The highest BCUT2D eigenvalue weighted by Crippen LogP contribution is 2.30. The lowest BCUT2D eigenvalue weighted by molar-refractivity contribution is -0.766. The average molecular weight is 437 g/mol. The zero-order valence-corrected chi connectivity index (χ0v) is 16.0. The van der Waals surface area contributed by atoms with Crippen molar-refractivity contribution in [2.45, 2.75) is 49.5 Å². The summed E-state index contributed by atoms with van der Waals surface area (Å²) in [7, 11) is -8.76. The van der Waals surface area contributed by atoms with Gasteiger partial charge >= 0.3 is 31.1 Å². The summed E-state index contributed by atoms with van der Waals surface area (Å²) in [6, 6.07) is 0. The first-order valence-electron chi connectivity index (χ1n) is 7.66. The van der Waals surface area contributed by atoms with Crippen molar-refractivity contribution >= 4 is 20.0 Å². The maximum absolute atomic E-state index is 12.5. The second-order valence-electron chi connectivity index (χ2n) is 6.18. The molecule has 0 atom stereocenters. The predicted molar refractivity (Wildman–Crippen MR) is 82.6 cm³/mol. The highest BCUT2D eigenvalue weighted by Gasteiger charge is 2.56. The van der Waals surface area contributed by atoms with Crippen LogP contribution in [0.25, 0.3) is 0 Å². The molecular weight excluding hydrogens is 414 g/mol. The molecule has 0 saturated carbocycles. The molecule has 0 amide bonds. The summed E-state index contributed by atoms with van der Waals surface area (Å²) in [6.07, 6.45) is 2.36. The molecule has 0 aromatic rings. The molecule has 6 nitrogen and oxygen atoms in total. The van der Waals surface area contributed by atoms with Gasteiger partial charge in [0.15, 0.2) is 0 Å². The number of halogens is 6. The molecule has 0 rings (SSSR count). The summed E-state index contributed by atoms with van der Waals surface area (Å²) in [4.78, 5) is 0. The van der Waals surface area contributed by atoms with E-state index < -0.39 is 35.0 Å². The summed E-state index contributed by atoms with van der Waals surface area (Å²) < 4.78 is 118. The number of hydrogen-bond donors (Lipinski definition) is 1. The van der Waals surface area contributed by atoms with Crippen LogP contribution in [0.2, 0.25) is 0 Å². The number of unbranched alkanes of at least 4 members (excludes halogenated alkanes) is 5. The van der Waals surface area contributed by atoms with Crippen LogP contribution in [0, 0.1) is 0 Å². The number of rotatable bonds is 11. The van der Waals surface area contributed by atoms with Gasteiger partial charge in [0, 0.05) is 6.54 Å². The molecule has 14 heteroatoms. The van der Waals surface area contributed by atoms with Gasteiger partial charge in [-0.25, -0.2) is 17.0 Å². The lowest BCUT2D eigenvalue weighted by atomic mass is 10.1. The first-order chi connectivity index (χ1) is 11.5. The van der Waals surface area contributed by atoms with Gasteiger partial charge in [0.25, 0.3) is 0 Å². The Bertz CT molecular complexity index is 642. The van der Waals surface area contributed by atoms with Crippen molar-refractivity contribution in [3.05, 3.63) is 0 Å². The molecule has 0 heterocycles. The van der Waals surface area contributed by atoms with Crippen LogP contribution in [-0.4, -0.2) is 58.9 Å². The molecule has 26 heavy (non-hydrogen) atoms. The van der Waals surface area contributed by atoms with Gasteiger partial charge in [0.1, 0.15) is 0 Å². The maximum Gasteiger partial charge on any atom is 0.549 e. The van der Waals surface area contributed by atoms with E-state index in [9.17, 15) is 43.2 Å². The summed E-state index contributed by atoms with van der Waals surface area (Å²) in [5.41, 5.74) is -10.7. The van der Waals surface area contributed by atoms with Crippen LogP contribution in [0.5, 0.6) is 0 Å². The van der Waals surface area contributed by atoms with Gasteiger partial charge < -0.3 is 0 Å². The topological polar surface area (TPSA) is 80.3 Å². The van der Waals surface area contributed by atoms with Gasteiger partial charge in [-0.2, -0.15) is 34.8 Å². The Labute approximate surface area is 149 Å². The van der Waals surface area contributed by atoms with Crippen molar-refractivity contribution < 1.29 is 47.1 Å². The predicted octanol–water partition coefficient (Wildman–Crippen LogP) is 2.69. The van der Waals surface area contributed by atoms with Crippen molar-refractivity contribution in [2.24, 2.45) is 0 Å². The molecule has 0 aliphatic heterocycles. The van der Waals surface area contributed by atoms with Crippen LogP contribution in [0.3, 0.4) is 0 Å². The smallest absolute Gasteiger partial charge is 0.216 e. The van der Waals surface area contributed by atoms with Crippen molar-refractivity contribution in [1.82, 2.24) is 4.72 Å². The maximum atomic E-state index is 12.5. The fraction of sp³-hybridized carbons (Fsp3) is 1.00. The van der Waals surface area contributed by atoms with E-state index in [2.05, 4.69) is 0 Å². The summed E-state index contributed by atoms with van der Waals surface area (Å²) >= 11 is 0. The minimum atomic E-state index is -5.35. The number of alkyl halides is 6. The van der Waals surface area contributed by atoms with Crippen molar-refractivity contribution in [3.8, 4) is 0 Å². The minimum Gasteiger partial charge on any atom is -0.216 e. The molecule has 0 spiro atoms. The van der Waals surface area contributed by atoms with Gasteiger partial charge in [0.2, 0.25) is 0 Å². The number of nitrogens with zero attached hydrogens (tertiary/aromatic N) is 1. The third-order valence-electron chi connectivity index (χ3n) is 3.66. The van der Waals surface area contributed by atoms with Crippen LogP contribution in [-0.2, 0) is 20.0 Å². The van der Waals surface area contributed by atoms with E-state index in [1.165, 1.54) is 4.72 Å². The van der Waals surface area contributed by atoms with Gasteiger partial charge in [-0.05, 0) is 19.3 Å². The highest BCUT2D eigenvalue weighted by molar-refractivity contribution is 7.90. The molecule has 0 aromatic carbocycles. The molecule has 0 fully saturated rings. The van der Waals surface area contributed by atoms with Crippen LogP contribution >= 0.6 is 0 Å². The van der Waals surface area contributed by atoms with E-state index in [-0.39, 0.29) is 25.9 Å². The quantitative estimate of drug-likeness (QED) is 0.306. The van der Waals surface area contributed by atoms with Crippen LogP contribution in [0.1, 0.15) is 38.5 Å². The van der Waals surface area contributed by atoms with E-state index in [1.807, 2.05) is 0 Å². The van der Waals surface area contributed by atoms with E-state index >= 15 is 0 Å². The van der Waals surface area contributed by atoms with Gasteiger partial charge in [-0.15, -0.1) is 0 Å². The minimum absolute atomic E-state index is 0.180. The first kappa shape index (κ1) is 25.4. The molecule has 0 aliphatic rings. The van der Waals surface area contributed by atoms with Crippen molar-refractivity contribution in [3.63, 3.8) is 0 Å². The third-order valence-corrected chi connectivity index (χ3v) is 6.93. The Morgan fingerprint density at radius 3 is 1.58 bits per heavy atom. The Balaban J connectivity index is 4.00. The van der Waals surface area contributed by atoms with E-state index in [4.69, 9.17) is 0 Å². The number of hydrogen-bond acceptors (Lipinski definition) is 4. The molecule has 0 radical (unpaired) electrons. The second kappa shape index (κ2) is 9.06. The Morgan fingerprint density at radius 2 is 1.15 bits per heavy atom. The van der Waals surface area contributed by atoms with Crippen LogP contribution < -0.4 is 4.72 Å². The Kier molecular flexibility index (Phi) is 8.85. The van der Waals surface area contributed by atoms with Crippen LogP contribution in [0.4, 0.5) is 26.3 Å². The monoisotopic (exact) mass is 437 g/mol. The number of quaternary nitrogens is 1. The third kappa shape index (κ3) is 7.19. The van der Waals surface area contributed by atoms with Crippen molar-refractivity contribution in [2.75, 3.05) is 27.2 Å². The van der Waals surface area contributed by atoms with Gasteiger partial charge in [0.05, 0.1) is 20.6 Å². The standard InChI is InChI=1S/C12H23F6N2O4S2/c1-20(2,26(23,24)12(16,17)18)10-8-6-4-3-5-7-9-19-25(21,22)11(13,14)15/h19H,3-10H2,1-2H3/q+1. The molecular formula is C12H23F6N2O4S2+. The van der Waals surface area contributed by atoms with Crippen LogP contribution in [0.15, 0.2) is 0 Å². The SMILES string of the molecule is C[N+](C)(CCCCCCCCNS(=O)(=O)C(F)(F)F)S(=O)(=O)C(F)(F)F. The average Bonchev–Trinajstić information content (AvgIpc) is 2.42. The largest absolute Gasteiger partial charge is 0.549 e. The molecule has 0 saturated heterocycles. The normalized spacial score (nSPS) is 14.6. The fourth-order valence-electron chi connectivity index (χ4n) is 2.01. The molecule has 0 unspecified atom stereocenters. The van der Waals surface area contributed by atoms with E-state index in [0.717, 1.165) is 14.1 Å². The molecule has 0 aliphatic carbocycles. The summed E-state index contributed by atoms with van der Waals surface area (Å²) in [5, 5.41) is 0. The first-order valence-corrected chi connectivity index (χ1v) is 10.6. The lowest BCUT2D eigenvalue weighted by Crippen LogP contribution is -2.52. The Hall–Kier alpha value is -0.600. The summed E-state index contributed by atoms with van der Waals surface area (Å²) in [5.74, 6) is 0. The van der Waals surface area contributed by atoms with Gasteiger partial charge in [-0.3, -0.25) is 0 Å². The Morgan fingerprint density at radius 1 is 0.731 bits per heavy atom. The van der Waals surface area contributed by atoms with Crippen molar-refractivity contribution in [1.29, 1.82) is 0 Å². The summed E-state index contributed by atoms with van der Waals surface area (Å²) in [6.45, 7) is -0.594. The molecule has 1 N–H and O–H groups in total. The fourth-order valence-corrected chi connectivity index (χ4v) is 3.52. The zero-order chi connectivity index (χ0) is 20.9. The second-order valence-corrected chi connectivity index (χ2v) is 10.3. The molecule has 0 bridgehead atoms. The van der Waals surface area contributed by atoms with E-state index in [0.29, 0.717) is 25.7 Å².